The lowest BCUT2D eigenvalue weighted by Gasteiger charge is -2.08. The number of nitrogens with one attached hydrogen (secondary N) is 1. The van der Waals surface area contributed by atoms with Crippen molar-refractivity contribution in [2.45, 2.75) is 13.5 Å². The van der Waals surface area contributed by atoms with E-state index in [1.165, 1.54) is 4.57 Å². The molecule has 1 N–H and O–H groups in total. The molecule has 0 aliphatic rings. The molecule has 0 fully saturated rings. The van der Waals surface area contributed by atoms with Crippen LogP contribution in [-0.2, 0) is 6.54 Å². The van der Waals surface area contributed by atoms with E-state index in [0.717, 1.165) is 4.47 Å². The van der Waals surface area contributed by atoms with Gasteiger partial charge in [0, 0.05) is 4.47 Å². The molecular formula is C12H9BrN4O2S. The minimum Gasteiger partial charge on any atom is -0.412 e. The van der Waals surface area contributed by atoms with Crippen LogP contribution in [0, 0.1) is 11.8 Å². The van der Waals surface area contributed by atoms with Crippen molar-refractivity contribution in [3.63, 3.8) is 0 Å². The lowest BCUT2D eigenvalue weighted by Crippen LogP contribution is -2.24. The van der Waals surface area contributed by atoms with E-state index in [0.29, 0.717) is 22.6 Å². The van der Waals surface area contributed by atoms with E-state index in [1.807, 2.05) is 6.07 Å². The third-order valence-electron chi connectivity index (χ3n) is 2.88. The van der Waals surface area contributed by atoms with E-state index in [9.17, 15) is 4.79 Å². The summed E-state index contributed by atoms with van der Waals surface area (Å²) in [5.74, 6) is 0.935. The maximum atomic E-state index is 12.5. The fraction of sp³-hybridized carbons (Fsp3) is 0.167. The molecule has 1 aromatic carbocycles. The third kappa shape index (κ3) is 2.32. The van der Waals surface area contributed by atoms with E-state index in [2.05, 4.69) is 31.1 Å². The Balaban J connectivity index is 2.20. The maximum Gasteiger partial charge on any atom is 0.284 e. The second-order valence-corrected chi connectivity index (χ2v) is 5.51. The molecule has 0 saturated carbocycles. The Morgan fingerprint density at radius 3 is 3.00 bits per heavy atom. The minimum absolute atomic E-state index is 0.141. The highest BCUT2D eigenvalue weighted by Gasteiger charge is 2.11. The minimum atomic E-state index is -0.141. The van der Waals surface area contributed by atoms with Gasteiger partial charge >= 0.3 is 0 Å². The first-order valence-corrected chi connectivity index (χ1v) is 6.96. The Kier molecular flexibility index (Phi) is 3.27. The molecule has 8 heteroatoms. The summed E-state index contributed by atoms with van der Waals surface area (Å²) in [5, 5.41) is 6.97. The summed E-state index contributed by atoms with van der Waals surface area (Å²) >= 11 is 8.17. The Morgan fingerprint density at radius 2 is 2.30 bits per heavy atom. The fourth-order valence-electron chi connectivity index (χ4n) is 1.95. The van der Waals surface area contributed by atoms with Crippen molar-refractivity contribution in [2.75, 3.05) is 0 Å². The summed E-state index contributed by atoms with van der Waals surface area (Å²) in [5.41, 5.74) is 0.521. The Labute approximate surface area is 126 Å². The summed E-state index contributed by atoms with van der Waals surface area (Å²) in [6.07, 6.45) is 0. The predicted octanol–water partition coefficient (Wildman–Crippen LogP) is 2.56. The van der Waals surface area contributed by atoms with Gasteiger partial charge < -0.3 is 4.42 Å². The van der Waals surface area contributed by atoms with Crippen LogP contribution in [-0.4, -0.2) is 19.7 Å². The van der Waals surface area contributed by atoms with Crippen LogP contribution < -0.4 is 5.56 Å². The molecule has 0 aliphatic heterocycles. The summed E-state index contributed by atoms with van der Waals surface area (Å²) in [4.78, 5) is 17.1. The molecule has 0 radical (unpaired) electrons. The summed E-state index contributed by atoms with van der Waals surface area (Å²) in [7, 11) is 0. The number of benzene rings is 1. The number of halogens is 1. The number of aromatic amines is 1. The second kappa shape index (κ2) is 4.95. The zero-order valence-electron chi connectivity index (χ0n) is 10.4. The van der Waals surface area contributed by atoms with Crippen LogP contribution in [0.2, 0.25) is 0 Å². The third-order valence-corrected chi connectivity index (χ3v) is 3.55. The van der Waals surface area contributed by atoms with Crippen LogP contribution in [0.4, 0.5) is 0 Å². The van der Waals surface area contributed by atoms with Crippen LogP contribution in [0.25, 0.3) is 10.9 Å². The van der Waals surface area contributed by atoms with Gasteiger partial charge in [0.1, 0.15) is 12.4 Å². The van der Waals surface area contributed by atoms with Gasteiger partial charge in [0.05, 0.1) is 10.9 Å². The first-order valence-electron chi connectivity index (χ1n) is 5.75. The van der Waals surface area contributed by atoms with Crippen molar-refractivity contribution in [2.24, 2.45) is 0 Å². The molecule has 102 valence electrons. The number of rotatable bonds is 2. The van der Waals surface area contributed by atoms with E-state index >= 15 is 0 Å². The smallest absolute Gasteiger partial charge is 0.284 e. The van der Waals surface area contributed by atoms with Crippen molar-refractivity contribution < 1.29 is 4.42 Å². The fourth-order valence-corrected chi connectivity index (χ4v) is 2.46. The number of aryl methyl sites for hydroxylation is 1. The molecule has 2 aromatic heterocycles. The molecule has 3 rings (SSSR count). The van der Waals surface area contributed by atoms with Gasteiger partial charge in [0.2, 0.25) is 5.89 Å². The largest absolute Gasteiger partial charge is 0.412 e. The normalized spacial score (nSPS) is 11.1. The van der Waals surface area contributed by atoms with E-state index in [4.69, 9.17) is 16.6 Å². The molecule has 6 nitrogen and oxygen atoms in total. The summed E-state index contributed by atoms with van der Waals surface area (Å²) < 4.78 is 7.52. The molecule has 0 aliphatic carbocycles. The first kappa shape index (κ1) is 13.2. The topological polar surface area (TPSA) is 76.7 Å². The lowest BCUT2D eigenvalue weighted by atomic mass is 10.2. The van der Waals surface area contributed by atoms with Crippen LogP contribution >= 0.6 is 28.1 Å². The van der Waals surface area contributed by atoms with Gasteiger partial charge in [0.25, 0.3) is 10.4 Å². The Hall–Kier alpha value is -1.80. The van der Waals surface area contributed by atoms with Gasteiger partial charge in [-0.05, 0) is 37.3 Å². The van der Waals surface area contributed by atoms with Crippen LogP contribution in [0.15, 0.2) is 31.9 Å². The van der Waals surface area contributed by atoms with Crippen molar-refractivity contribution in [1.82, 2.24) is 19.7 Å². The van der Waals surface area contributed by atoms with Gasteiger partial charge in [-0.25, -0.2) is 10.1 Å². The van der Waals surface area contributed by atoms with Crippen LogP contribution in [0.3, 0.4) is 0 Å². The highest BCUT2D eigenvalue weighted by molar-refractivity contribution is 9.10. The van der Waals surface area contributed by atoms with Gasteiger partial charge in [-0.1, -0.05) is 15.9 Å². The number of H-pyrrole nitrogens is 1. The highest BCUT2D eigenvalue weighted by atomic mass is 79.9. The van der Waals surface area contributed by atoms with Gasteiger partial charge in [-0.3, -0.25) is 9.36 Å². The maximum absolute atomic E-state index is 12.5. The molecule has 0 bridgehead atoms. The molecule has 0 amide bonds. The molecule has 20 heavy (non-hydrogen) atoms. The van der Waals surface area contributed by atoms with E-state index in [1.54, 1.807) is 19.1 Å². The average Bonchev–Trinajstić information content (AvgIpc) is 2.81. The highest BCUT2D eigenvalue weighted by Crippen LogP contribution is 2.16. The molecular weight excluding hydrogens is 344 g/mol. The van der Waals surface area contributed by atoms with Crippen molar-refractivity contribution >= 4 is 39.1 Å². The number of hydrogen-bond acceptors (Lipinski definition) is 5. The van der Waals surface area contributed by atoms with E-state index in [-0.39, 0.29) is 16.9 Å². The Bertz CT molecular complexity index is 912. The van der Waals surface area contributed by atoms with Crippen molar-refractivity contribution in [3.05, 3.63) is 49.6 Å². The molecule has 0 atom stereocenters. The Morgan fingerprint density at radius 1 is 1.50 bits per heavy atom. The molecule has 0 unspecified atom stereocenters. The SMILES string of the molecule is Cc1nc2ccc(Br)cc2c(=O)n1Cc1n[nH]c(=S)o1. The predicted molar refractivity (Wildman–Crippen MR) is 79.2 cm³/mol. The monoisotopic (exact) mass is 352 g/mol. The van der Waals surface area contributed by atoms with Gasteiger partial charge in [-0.2, -0.15) is 0 Å². The van der Waals surface area contributed by atoms with Crippen molar-refractivity contribution in [1.29, 1.82) is 0 Å². The van der Waals surface area contributed by atoms with Crippen LogP contribution in [0.1, 0.15) is 11.7 Å². The van der Waals surface area contributed by atoms with Gasteiger partial charge in [-0.15, -0.1) is 5.10 Å². The average molecular weight is 353 g/mol. The number of aromatic nitrogens is 4. The number of fused-ring (bicyclic) bond motifs is 1. The zero-order valence-corrected chi connectivity index (χ0v) is 12.8. The van der Waals surface area contributed by atoms with Crippen LogP contribution in [0.5, 0.6) is 0 Å². The summed E-state index contributed by atoms with van der Waals surface area (Å²) in [6, 6.07) is 5.41. The standard InChI is InChI=1S/C12H9BrN4O2S/c1-6-14-9-3-2-7(13)4-8(9)11(18)17(6)5-10-15-16-12(20)19-10/h2-4H,5H2,1H3,(H,16,20). The van der Waals surface area contributed by atoms with Crippen molar-refractivity contribution in [3.8, 4) is 0 Å². The number of hydrogen-bond donors (Lipinski definition) is 1. The molecule has 0 spiro atoms. The first-order chi connectivity index (χ1) is 9.54. The molecule has 0 saturated heterocycles. The molecule has 3 aromatic rings. The number of nitrogens with zero attached hydrogens (tertiary/aromatic N) is 3. The quantitative estimate of drug-likeness (QED) is 0.717. The zero-order chi connectivity index (χ0) is 14.3. The molecule has 2 heterocycles. The summed E-state index contributed by atoms with van der Waals surface area (Å²) in [6.45, 7) is 1.96. The van der Waals surface area contributed by atoms with E-state index < -0.39 is 0 Å². The second-order valence-electron chi connectivity index (χ2n) is 4.22. The lowest BCUT2D eigenvalue weighted by molar-refractivity contribution is 0.459. The van der Waals surface area contributed by atoms with Gasteiger partial charge in [0.15, 0.2) is 0 Å².